The molecule has 3 aromatic carbocycles. The maximum absolute atomic E-state index is 12.9. The highest BCUT2D eigenvalue weighted by molar-refractivity contribution is 5.98. The lowest BCUT2D eigenvalue weighted by molar-refractivity contribution is -0.596. The van der Waals surface area contributed by atoms with Crippen LogP contribution in [0.25, 0.3) is 0 Å². The van der Waals surface area contributed by atoms with Gasteiger partial charge in [0.25, 0.3) is 5.91 Å². The van der Waals surface area contributed by atoms with Crippen molar-refractivity contribution in [2.45, 2.75) is 19.0 Å². The van der Waals surface area contributed by atoms with Gasteiger partial charge in [0.1, 0.15) is 5.75 Å². The minimum absolute atomic E-state index is 0.264. The topological polar surface area (TPSA) is 70.4 Å². The lowest BCUT2D eigenvalue weighted by Crippen LogP contribution is -2.42. The molecule has 0 radical (unpaired) electrons. The molecule has 0 aliphatic carbocycles. The van der Waals surface area contributed by atoms with E-state index in [0.717, 1.165) is 16.9 Å². The minimum atomic E-state index is -0.742. The molecule has 2 atom stereocenters. The summed E-state index contributed by atoms with van der Waals surface area (Å²) in [6.45, 7) is 2.54. The zero-order chi connectivity index (χ0) is 21.6. The van der Waals surface area contributed by atoms with Crippen LogP contribution in [0.5, 0.6) is 5.75 Å². The van der Waals surface area contributed by atoms with Gasteiger partial charge in [-0.15, -0.1) is 10.1 Å². The van der Waals surface area contributed by atoms with Gasteiger partial charge in [-0.25, -0.2) is 0 Å². The molecule has 156 valence electrons. The molecule has 1 aliphatic rings. The van der Waals surface area contributed by atoms with E-state index in [2.05, 4.69) is 10.7 Å². The van der Waals surface area contributed by atoms with Crippen LogP contribution in [0.15, 0.2) is 84.9 Å². The first kappa shape index (κ1) is 20.3. The van der Waals surface area contributed by atoms with Gasteiger partial charge >= 0.3 is 5.91 Å². The van der Waals surface area contributed by atoms with E-state index in [4.69, 9.17) is 4.74 Å². The Bertz CT molecular complexity index is 1080. The highest BCUT2D eigenvalue weighted by atomic mass is 16.5. The molecule has 2 N–H and O–H groups in total. The van der Waals surface area contributed by atoms with E-state index in [1.165, 1.54) is 0 Å². The standard InChI is InChI=1S/C25H23N3O3/c1-2-31-21-15-13-18(14-16-21)17-28-23(19-9-5-3-6-10-19)22(25(30)27-28)26-24(29)20-11-7-4-8-12-20/h3-17,22-23H,2H2,1H3,(H-,26,27,29,30)/p+1/b28-17-/t22-,23+/m0/s1. The minimum Gasteiger partial charge on any atom is -0.494 e. The second-order valence-electron chi connectivity index (χ2n) is 7.19. The van der Waals surface area contributed by atoms with Crippen molar-refractivity contribution in [3.8, 4) is 5.75 Å². The summed E-state index contributed by atoms with van der Waals surface area (Å²) in [5, 5.41) is 2.90. The fraction of sp³-hybridized carbons (Fsp3) is 0.160. The van der Waals surface area contributed by atoms with Crippen molar-refractivity contribution in [3.05, 3.63) is 102 Å². The van der Waals surface area contributed by atoms with Gasteiger partial charge in [-0.05, 0) is 43.3 Å². The summed E-state index contributed by atoms with van der Waals surface area (Å²) in [5.74, 6) is 0.239. The molecular weight excluding hydrogens is 390 g/mol. The van der Waals surface area contributed by atoms with Crippen molar-refractivity contribution in [2.75, 3.05) is 6.61 Å². The van der Waals surface area contributed by atoms with Gasteiger partial charge < -0.3 is 10.1 Å². The number of hydrogen-bond acceptors (Lipinski definition) is 3. The van der Waals surface area contributed by atoms with Crippen molar-refractivity contribution in [1.82, 2.24) is 10.7 Å². The molecule has 6 nitrogen and oxygen atoms in total. The molecule has 3 aromatic rings. The summed E-state index contributed by atoms with van der Waals surface area (Å²) in [6, 6.07) is 25.0. The third-order valence-corrected chi connectivity index (χ3v) is 5.08. The van der Waals surface area contributed by atoms with Gasteiger partial charge in [0.15, 0.2) is 6.04 Å². The highest BCUT2D eigenvalue weighted by Crippen LogP contribution is 2.25. The Morgan fingerprint density at radius 2 is 1.65 bits per heavy atom. The SMILES string of the molecule is CCOc1ccc(/C=[N+]2\NC(=O)[C@@H](NC(=O)c3ccccc3)[C@H]2c2ccccc2)cc1. The van der Waals surface area contributed by atoms with Crippen molar-refractivity contribution in [3.63, 3.8) is 0 Å². The number of ether oxygens (including phenoxy) is 1. The maximum Gasteiger partial charge on any atom is 0.304 e. The Labute approximate surface area is 181 Å². The van der Waals surface area contributed by atoms with Gasteiger partial charge in [0.2, 0.25) is 12.3 Å². The average Bonchev–Trinajstić information content (AvgIpc) is 3.11. The molecule has 0 aromatic heterocycles. The number of benzene rings is 3. The highest BCUT2D eigenvalue weighted by Gasteiger charge is 2.47. The first-order valence-corrected chi connectivity index (χ1v) is 10.2. The number of nitrogens with zero attached hydrogens (tertiary/aromatic N) is 1. The molecule has 1 heterocycles. The molecule has 0 saturated carbocycles. The molecule has 6 heteroatoms. The molecule has 4 rings (SSSR count). The second-order valence-corrected chi connectivity index (χ2v) is 7.19. The second kappa shape index (κ2) is 9.26. The van der Waals surface area contributed by atoms with Crippen LogP contribution in [-0.2, 0) is 4.79 Å². The van der Waals surface area contributed by atoms with Gasteiger partial charge in [-0.2, -0.15) is 0 Å². The van der Waals surface area contributed by atoms with Crippen molar-refractivity contribution in [2.24, 2.45) is 0 Å². The van der Waals surface area contributed by atoms with Crippen LogP contribution in [0.4, 0.5) is 0 Å². The van der Waals surface area contributed by atoms with Crippen molar-refractivity contribution in [1.29, 1.82) is 0 Å². The van der Waals surface area contributed by atoms with Gasteiger partial charge in [-0.3, -0.25) is 9.59 Å². The Kier molecular flexibility index (Phi) is 6.08. The molecule has 31 heavy (non-hydrogen) atoms. The van der Waals surface area contributed by atoms with Gasteiger partial charge in [0.05, 0.1) is 6.61 Å². The molecule has 1 aliphatic heterocycles. The fourth-order valence-corrected chi connectivity index (χ4v) is 3.62. The summed E-state index contributed by atoms with van der Waals surface area (Å²) in [6.07, 6.45) is 1.86. The predicted octanol–water partition coefficient (Wildman–Crippen LogP) is 3.10. The number of hydrazine groups is 1. The zero-order valence-corrected chi connectivity index (χ0v) is 17.2. The van der Waals surface area contributed by atoms with E-state index in [1.807, 2.05) is 73.8 Å². The van der Waals surface area contributed by atoms with E-state index in [9.17, 15) is 9.59 Å². The third kappa shape index (κ3) is 4.64. The lowest BCUT2D eigenvalue weighted by atomic mass is 10.00. The maximum atomic E-state index is 12.9. The molecule has 0 unspecified atom stereocenters. The number of hydrazone groups is 1. The average molecular weight is 414 g/mol. The molecule has 0 bridgehead atoms. The molecule has 1 fully saturated rings. The summed E-state index contributed by atoms with van der Waals surface area (Å²) in [7, 11) is 0. The van der Waals surface area contributed by atoms with Gasteiger partial charge in [-0.1, -0.05) is 48.5 Å². The van der Waals surface area contributed by atoms with E-state index in [1.54, 1.807) is 28.9 Å². The number of rotatable bonds is 6. The smallest absolute Gasteiger partial charge is 0.304 e. The first-order valence-electron chi connectivity index (χ1n) is 10.2. The monoisotopic (exact) mass is 414 g/mol. The van der Waals surface area contributed by atoms with E-state index in [0.29, 0.717) is 12.2 Å². The quantitative estimate of drug-likeness (QED) is 0.609. The third-order valence-electron chi connectivity index (χ3n) is 5.08. The van der Waals surface area contributed by atoms with Crippen LogP contribution in [0.1, 0.15) is 34.5 Å². The van der Waals surface area contributed by atoms with E-state index < -0.39 is 12.1 Å². The van der Waals surface area contributed by atoms with Crippen LogP contribution < -0.4 is 15.5 Å². The summed E-state index contributed by atoms with van der Waals surface area (Å²) < 4.78 is 7.25. The number of hydrogen-bond donors (Lipinski definition) is 2. The van der Waals surface area contributed by atoms with Crippen LogP contribution >= 0.6 is 0 Å². The Morgan fingerprint density at radius 3 is 2.29 bits per heavy atom. The largest absolute Gasteiger partial charge is 0.494 e. The summed E-state index contributed by atoms with van der Waals surface area (Å²) in [4.78, 5) is 25.6. The molecule has 1 saturated heterocycles. The number of carbonyl (C=O) groups excluding carboxylic acids is 2. The number of nitrogens with one attached hydrogen (secondary N) is 2. The van der Waals surface area contributed by atoms with E-state index in [-0.39, 0.29) is 11.8 Å². The zero-order valence-electron chi connectivity index (χ0n) is 17.2. The van der Waals surface area contributed by atoms with Crippen molar-refractivity contribution < 1.29 is 19.0 Å². The summed E-state index contributed by atoms with van der Waals surface area (Å²) in [5.41, 5.74) is 5.22. The normalized spacial score (nSPS) is 19.1. The number of carbonyl (C=O) groups is 2. The Morgan fingerprint density at radius 1 is 1.00 bits per heavy atom. The number of amides is 2. The van der Waals surface area contributed by atoms with Crippen LogP contribution in [0.3, 0.4) is 0 Å². The fourth-order valence-electron chi connectivity index (χ4n) is 3.62. The molecule has 2 amide bonds. The Hall–Kier alpha value is -3.93. The lowest BCUT2D eigenvalue weighted by Gasteiger charge is -2.14. The summed E-state index contributed by atoms with van der Waals surface area (Å²) >= 11 is 0. The molecule has 0 spiro atoms. The predicted molar refractivity (Wildman–Crippen MR) is 118 cm³/mol. The van der Waals surface area contributed by atoms with Crippen LogP contribution in [0, 0.1) is 0 Å². The van der Waals surface area contributed by atoms with Crippen LogP contribution in [0.2, 0.25) is 0 Å². The van der Waals surface area contributed by atoms with Gasteiger partial charge in [0, 0.05) is 16.7 Å². The Balaban J connectivity index is 1.65. The van der Waals surface area contributed by atoms with Crippen LogP contribution in [-0.4, -0.2) is 35.4 Å². The first-order chi connectivity index (χ1) is 15.2. The molecular formula is C25H24N3O3+. The van der Waals surface area contributed by atoms with E-state index >= 15 is 0 Å². The van der Waals surface area contributed by atoms with Crippen molar-refractivity contribution >= 4 is 18.0 Å².